The van der Waals surface area contributed by atoms with Crippen LogP contribution in [-0.4, -0.2) is 36.1 Å². The van der Waals surface area contributed by atoms with Gasteiger partial charge in [0.2, 0.25) is 5.88 Å². The minimum absolute atomic E-state index is 0.637. The predicted molar refractivity (Wildman–Crippen MR) is 126 cm³/mol. The summed E-state index contributed by atoms with van der Waals surface area (Å²) in [5.41, 5.74) is 5.04. The van der Waals surface area contributed by atoms with Gasteiger partial charge < -0.3 is 14.5 Å². The lowest BCUT2D eigenvalue weighted by molar-refractivity contribution is 0.463. The minimum atomic E-state index is 0.637. The minimum Gasteiger partial charge on any atom is -0.439 e. The first-order chi connectivity index (χ1) is 15.3. The third-order valence-corrected chi connectivity index (χ3v) is 6.06. The van der Waals surface area contributed by atoms with E-state index in [1.165, 1.54) is 35.4 Å². The number of ether oxygens (including phenoxy) is 1. The fraction of sp³-hybridized carbons (Fsp3) is 0.308. The lowest BCUT2D eigenvalue weighted by Gasteiger charge is -2.30. The second-order valence-corrected chi connectivity index (χ2v) is 8.22. The standard InChI is InChI=1S/C26H28N4O/c1-2-14-29(13-1)24-8-9-26(28-20-24)31-25-7-3-5-22(18-25)17-21-10-15-30(16-11-21)23-6-4-12-27-19-23/h3-9,12,17-20H,1-2,10-11,13-16H2. The molecule has 2 fully saturated rings. The van der Waals surface area contributed by atoms with Gasteiger partial charge in [-0.2, -0.15) is 0 Å². The van der Waals surface area contributed by atoms with Crippen LogP contribution in [0.1, 0.15) is 31.2 Å². The number of piperidine rings is 1. The van der Waals surface area contributed by atoms with E-state index < -0.39 is 0 Å². The van der Waals surface area contributed by atoms with Crippen LogP contribution in [0.2, 0.25) is 0 Å². The van der Waals surface area contributed by atoms with Crippen molar-refractivity contribution in [3.05, 3.63) is 78.3 Å². The van der Waals surface area contributed by atoms with E-state index in [0.29, 0.717) is 5.88 Å². The van der Waals surface area contributed by atoms with Crippen molar-refractivity contribution >= 4 is 17.5 Å². The summed E-state index contributed by atoms with van der Waals surface area (Å²) in [5, 5.41) is 0. The molecule has 0 bridgehead atoms. The van der Waals surface area contributed by atoms with Crippen molar-refractivity contribution in [1.82, 2.24) is 9.97 Å². The number of anilines is 2. The maximum absolute atomic E-state index is 6.03. The number of aromatic nitrogens is 2. The summed E-state index contributed by atoms with van der Waals surface area (Å²) in [7, 11) is 0. The molecule has 2 aliphatic heterocycles. The third-order valence-electron chi connectivity index (χ3n) is 6.06. The van der Waals surface area contributed by atoms with Gasteiger partial charge in [0.15, 0.2) is 0 Å². The van der Waals surface area contributed by atoms with E-state index >= 15 is 0 Å². The second-order valence-electron chi connectivity index (χ2n) is 8.22. The first-order valence-corrected chi connectivity index (χ1v) is 11.2. The summed E-state index contributed by atoms with van der Waals surface area (Å²) in [6.07, 6.45) is 12.7. The molecule has 2 saturated heterocycles. The van der Waals surface area contributed by atoms with Crippen molar-refractivity contribution in [2.24, 2.45) is 0 Å². The van der Waals surface area contributed by atoms with Crippen molar-refractivity contribution in [1.29, 1.82) is 0 Å². The van der Waals surface area contributed by atoms with Crippen LogP contribution in [0, 0.1) is 0 Å². The molecule has 158 valence electrons. The molecule has 31 heavy (non-hydrogen) atoms. The molecule has 0 saturated carbocycles. The van der Waals surface area contributed by atoms with Gasteiger partial charge in [-0.25, -0.2) is 4.98 Å². The molecular formula is C26H28N4O. The van der Waals surface area contributed by atoms with Gasteiger partial charge in [-0.1, -0.05) is 23.8 Å². The molecule has 3 aromatic rings. The maximum atomic E-state index is 6.03. The van der Waals surface area contributed by atoms with Crippen molar-refractivity contribution in [2.45, 2.75) is 25.7 Å². The number of benzene rings is 1. The van der Waals surface area contributed by atoms with Crippen LogP contribution in [0.25, 0.3) is 6.08 Å². The summed E-state index contributed by atoms with van der Waals surface area (Å²) < 4.78 is 6.03. The lowest BCUT2D eigenvalue weighted by Crippen LogP contribution is -2.30. The molecule has 4 heterocycles. The Morgan fingerprint density at radius 2 is 1.61 bits per heavy atom. The zero-order valence-electron chi connectivity index (χ0n) is 17.8. The molecule has 2 aliphatic rings. The Labute approximate surface area is 184 Å². The third kappa shape index (κ3) is 4.88. The van der Waals surface area contributed by atoms with E-state index in [2.05, 4.69) is 50.1 Å². The number of hydrogen-bond acceptors (Lipinski definition) is 5. The molecule has 1 aromatic carbocycles. The van der Waals surface area contributed by atoms with E-state index in [-0.39, 0.29) is 0 Å². The van der Waals surface area contributed by atoms with Gasteiger partial charge in [0.05, 0.1) is 23.8 Å². The first-order valence-electron chi connectivity index (χ1n) is 11.2. The monoisotopic (exact) mass is 412 g/mol. The van der Waals surface area contributed by atoms with Crippen LogP contribution >= 0.6 is 0 Å². The molecule has 0 aliphatic carbocycles. The molecule has 0 amide bonds. The molecule has 0 spiro atoms. The Kier molecular flexibility index (Phi) is 5.83. The van der Waals surface area contributed by atoms with Crippen molar-refractivity contribution in [2.75, 3.05) is 36.0 Å². The van der Waals surface area contributed by atoms with Crippen LogP contribution in [0.15, 0.2) is 72.7 Å². The van der Waals surface area contributed by atoms with Gasteiger partial charge in [0, 0.05) is 38.4 Å². The summed E-state index contributed by atoms with van der Waals surface area (Å²) in [5.74, 6) is 1.46. The van der Waals surface area contributed by atoms with Gasteiger partial charge in [-0.15, -0.1) is 0 Å². The van der Waals surface area contributed by atoms with Gasteiger partial charge in [-0.3, -0.25) is 4.98 Å². The SMILES string of the molecule is C(=C1CCN(c2cccnc2)CC1)c1cccc(Oc2ccc(N3CCCC3)cn2)c1. The van der Waals surface area contributed by atoms with Crippen LogP contribution < -0.4 is 14.5 Å². The molecule has 0 N–H and O–H groups in total. The smallest absolute Gasteiger partial charge is 0.219 e. The molecule has 2 aromatic heterocycles. The van der Waals surface area contributed by atoms with Gasteiger partial charge in [0.1, 0.15) is 5.75 Å². The highest BCUT2D eigenvalue weighted by Crippen LogP contribution is 2.27. The Morgan fingerprint density at radius 3 is 2.35 bits per heavy atom. The second kappa shape index (κ2) is 9.21. The summed E-state index contributed by atoms with van der Waals surface area (Å²) >= 11 is 0. The van der Waals surface area contributed by atoms with Crippen LogP contribution in [0.3, 0.4) is 0 Å². The van der Waals surface area contributed by atoms with Crippen LogP contribution in [0.4, 0.5) is 11.4 Å². The molecule has 5 heteroatoms. The summed E-state index contributed by atoms with van der Waals surface area (Å²) in [6, 6.07) is 16.5. The lowest BCUT2D eigenvalue weighted by atomic mass is 10.0. The Hall–Kier alpha value is -3.34. The van der Waals surface area contributed by atoms with Crippen molar-refractivity contribution < 1.29 is 4.74 Å². The van der Waals surface area contributed by atoms with Crippen molar-refractivity contribution in [3.63, 3.8) is 0 Å². The zero-order valence-corrected chi connectivity index (χ0v) is 17.8. The fourth-order valence-corrected chi connectivity index (χ4v) is 4.36. The normalized spacial score (nSPS) is 16.5. The topological polar surface area (TPSA) is 41.5 Å². The van der Waals surface area contributed by atoms with E-state index in [0.717, 1.165) is 44.8 Å². The summed E-state index contributed by atoms with van der Waals surface area (Å²) in [6.45, 7) is 4.30. The predicted octanol–water partition coefficient (Wildman–Crippen LogP) is 5.55. The quantitative estimate of drug-likeness (QED) is 0.549. The first kappa shape index (κ1) is 19.6. The number of pyridine rings is 2. The summed E-state index contributed by atoms with van der Waals surface area (Å²) in [4.78, 5) is 13.5. The molecule has 0 atom stereocenters. The molecule has 0 radical (unpaired) electrons. The van der Waals surface area contributed by atoms with E-state index in [9.17, 15) is 0 Å². The molecular weight excluding hydrogens is 384 g/mol. The fourth-order valence-electron chi connectivity index (χ4n) is 4.36. The Balaban J connectivity index is 1.21. The Bertz CT molecular complexity index is 1020. The molecule has 5 nitrogen and oxygen atoms in total. The Morgan fingerprint density at radius 1 is 0.806 bits per heavy atom. The van der Waals surface area contributed by atoms with Crippen LogP contribution in [-0.2, 0) is 0 Å². The number of nitrogens with zero attached hydrogens (tertiary/aromatic N) is 4. The average Bonchev–Trinajstić information content (AvgIpc) is 3.36. The molecule has 5 rings (SSSR count). The van der Waals surface area contributed by atoms with E-state index in [1.54, 1.807) is 0 Å². The molecule has 0 unspecified atom stereocenters. The van der Waals surface area contributed by atoms with Gasteiger partial charge in [0.25, 0.3) is 0 Å². The maximum Gasteiger partial charge on any atom is 0.219 e. The van der Waals surface area contributed by atoms with Gasteiger partial charge in [-0.05, 0) is 61.6 Å². The largest absolute Gasteiger partial charge is 0.439 e. The average molecular weight is 413 g/mol. The van der Waals surface area contributed by atoms with E-state index in [4.69, 9.17) is 4.74 Å². The van der Waals surface area contributed by atoms with Crippen LogP contribution in [0.5, 0.6) is 11.6 Å². The highest BCUT2D eigenvalue weighted by molar-refractivity contribution is 5.57. The van der Waals surface area contributed by atoms with Gasteiger partial charge >= 0.3 is 0 Å². The zero-order chi connectivity index (χ0) is 20.9. The highest BCUT2D eigenvalue weighted by Gasteiger charge is 2.15. The van der Waals surface area contributed by atoms with Crippen molar-refractivity contribution in [3.8, 4) is 11.6 Å². The highest BCUT2D eigenvalue weighted by atomic mass is 16.5. The number of rotatable bonds is 5. The number of hydrogen-bond donors (Lipinski definition) is 0. The van der Waals surface area contributed by atoms with E-state index in [1.807, 2.05) is 42.9 Å².